The molecule has 2 aromatic rings. The number of nitrogens with one attached hydrogen (secondary N) is 1. The Morgan fingerprint density at radius 2 is 1.89 bits per heavy atom. The Morgan fingerprint density at radius 3 is 2.56 bits per heavy atom. The predicted molar refractivity (Wildman–Crippen MR) is 101 cm³/mol. The molecule has 1 unspecified atom stereocenters. The molecular weight excluding hydrogens is 366 g/mol. The van der Waals surface area contributed by atoms with E-state index in [0.717, 1.165) is 5.56 Å². The lowest BCUT2D eigenvalue weighted by molar-refractivity contribution is -0.136. The van der Waals surface area contributed by atoms with Crippen molar-refractivity contribution in [3.05, 3.63) is 59.7 Å². The van der Waals surface area contributed by atoms with Crippen LogP contribution in [0.1, 0.15) is 37.3 Å². The van der Waals surface area contributed by atoms with Crippen LogP contribution >= 0.6 is 0 Å². The second-order valence-electron chi connectivity index (χ2n) is 7.33. The van der Waals surface area contributed by atoms with Crippen molar-refractivity contribution in [1.29, 1.82) is 0 Å². The van der Waals surface area contributed by atoms with Gasteiger partial charge >= 0.3 is 5.97 Å². The predicted octanol–water partition coefficient (Wildman–Crippen LogP) is 2.94. The second kappa shape index (κ2) is 7.32. The molecule has 6 nitrogen and oxygen atoms in total. The molecule has 7 heteroatoms. The van der Waals surface area contributed by atoms with E-state index in [4.69, 9.17) is 9.84 Å². The van der Waals surface area contributed by atoms with Crippen molar-refractivity contribution in [1.82, 2.24) is 4.72 Å². The molecule has 0 amide bonds. The number of para-hydroxylation sites is 1. The van der Waals surface area contributed by atoms with Gasteiger partial charge in [-0.2, -0.15) is 0 Å². The highest BCUT2D eigenvalue weighted by atomic mass is 32.2. The minimum atomic E-state index is -3.61. The summed E-state index contributed by atoms with van der Waals surface area (Å²) in [5.41, 5.74) is 0.914. The van der Waals surface area contributed by atoms with Crippen LogP contribution in [-0.4, -0.2) is 31.6 Å². The number of sulfonamides is 1. The molecule has 3 rings (SSSR count). The lowest BCUT2D eigenvalue weighted by Gasteiger charge is -2.38. The van der Waals surface area contributed by atoms with Crippen LogP contribution in [0.2, 0.25) is 0 Å². The Morgan fingerprint density at radius 1 is 1.19 bits per heavy atom. The molecule has 2 aromatic carbocycles. The van der Waals surface area contributed by atoms with Gasteiger partial charge in [-0.1, -0.05) is 36.4 Å². The van der Waals surface area contributed by atoms with E-state index >= 15 is 0 Å². The standard InChI is InChI=1S/C20H23NO5S/c1-20(2)12-15(13-21-27(24,25)16-8-4-3-5-9-16)17-10-6-7-14(11-18(22)23)19(17)26-20/h3-10,15,21H,11-13H2,1-2H3,(H,22,23). The topological polar surface area (TPSA) is 92.7 Å². The van der Waals surface area contributed by atoms with E-state index in [1.807, 2.05) is 19.9 Å². The molecule has 0 spiro atoms. The third kappa shape index (κ3) is 4.48. The van der Waals surface area contributed by atoms with E-state index < -0.39 is 21.6 Å². The van der Waals surface area contributed by atoms with Crippen molar-refractivity contribution >= 4 is 16.0 Å². The summed E-state index contributed by atoms with van der Waals surface area (Å²) in [6.07, 6.45) is 0.482. The average molecular weight is 389 g/mol. The van der Waals surface area contributed by atoms with Gasteiger partial charge in [-0.25, -0.2) is 13.1 Å². The Kier molecular flexibility index (Phi) is 5.26. The number of benzene rings is 2. The molecule has 2 N–H and O–H groups in total. The quantitative estimate of drug-likeness (QED) is 0.792. The highest BCUT2D eigenvalue weighted by Crippen LogP contribution is 2.42. The minimum Gasteiger partial charge on any atom is -0.487 e. The van der Waals surface area contributed by atoms with Crippen molar-refractivity contribution in [2.24, 2.45) is 0 Å². The van der Waals surface area contributed by atoms with Crippen LogP contribution in [0.4, 0.5) is 0 Å². The average Bonchev–Trinajstić information content (AvgIpc) is 2.60. The van der Waals surface area contributed by atoms with Gasteiger partial charge in [0.25, 0.3) is 0 Å². The summed E-state index contributed by atoms with van der Waals surface area (Å²) < 4.78 is 33.8. The lowest BCUT2D eigenvalue weighted by Crippen LogP contribution is -2.39. The number of carboxylic acid groups (broad SMARTS) is 1. The monoisotopic (exact) mass is 389 g/mol. The van der Waals surface area contributed by atoms with Crippen LogP contribution in [0.5, 0.6) is 5.75 Å². The molecule has 1 heterocycles. The summed E-state index contributed by atoms with van der Waals surface area (Å²) in [5, 5.41) is 9.15. The number of carbonyl (C=O) groups is 1. The third-order valence-electron chi connectivity index (χ3n) is 4.60. The first-order valence-corrected chi connectivity index (χ1v) is 10.2. The summed E-state index contributed by atoms with van der Waals surface area (Å²) in [7, 11) is -3.61. The van der Waals surface area contributed by atoms with E-state index in [1.54, 1.807) is 42.5 Å². The van der Waals surface area contributed by atoms with Gasteiger partial charge < -0.3 is 9.84 Å². The first-order chi connectivity index (χ1) is 12.7. The molecule has 1 aliphatic heterocycles. The number of rotatable bonds is 6. The van der Waals surface area contributed by atoms with E-state index in [2.05, 4.69) is 4.72 Å². The SMILES string of the molecule is CC1(C)CC(CNS(=O)(=O)c2ccccc2)c2cccc(CC(=O)O)c2O1. The van der Waals surface area contributed by atoms with Gasteiger partial charge in [0.2, 0.25) is 10.0 Å². The Balaban J connectivity index is 1.88. The smallest absolute Gasteiger partial charge is 0.307 e. The van der Waals surface area contributed by atoms with Crippen LogP contribution in [0.25, 0.3) is 0 Å². The van der Waals surface area contributed by atoms with Gasteiger partial charge in [0.05, 0.1) is 11.3 Å². The van der Waals surface area contributed by atoms with Crippen LogP contribution in [0, 0.1) is 0 Å². The molecule has 1 atom stereocenters. The van der Waals surface area contributed by atoms with Gasteiger partial charge in [0.15, 0.2) is 0 Å². The van der Waals surface area contributed by atoms with Gasteiger partial charge in [-0.05, 0) is 38.0 Å². The summed E-state index contributed by atoms with van der Waals surface area (Å²) in [4.78, 5) is 11.4. The highest BCUT2D eigenvalue weighted by molar-refractivity contribution is 7.89. The number of hydrogen-bond donors (Lipinski definition) is 2. The summed E-state index contributed by atoms with van der Waals surface area (Å²) in [6, 6.07) is 13.6. The molecule has 144 valence electrons. The third-order valence-corrected chi connectivity index (χ3v) is 6.04. The Hall–Kier alpha value is -2.38. The normalized spacial score (nSPS) is 18.4. The van der Waals surface area contributed by atoms with Gasteiger partial charge in [-0.3, -0.25) is 4.79 Å². The first-order valence-electron chi connectivity index (χ1n) is 8.75. The van der Waals surface area contributed by atoms with Crippen LogP contribution in [0.3, 0.4) is 0 Å². The lowest BCUT2D eigenvalue weighted by atomic mass is 9.83. The number of fused-ring (bicyclic) bond motifs is 1. The largest absolute Gasteiger partial charge is 0.487 e. The fourth-order valence-corrected chi connectivity index (χ4v) is 4.55. The van der Waals surface area contributed by atoms with Crippen LogP contribution in [-0.2, 0) is 21.2 Å². The van der Waals surface area contributed by atoms with E-state index in [-0.39, 0.29) is 23.8 Å². The zero-order chi connectivity index (χ0) is 19.7. The van der Waals surface area contributed by atoms with Crippen molar-refractivity contribution in [3.8, 4) is 5.75 Å². The van der Waals surface area contributed by atoms with Gasteiger partial charge in [-0.15, -0.1) is 0 Å². The maximum absolute atomic E-state index is 12.5. The molecule has 0 aromatic heterocycles. The van der Waals surface area contributed by atoms with E-state index in [9.17, 15) is 13.2 Å². The van der Waals surface area contributed by atoms with Crippen molar-refractivity contribution < 1.29 is 23.1 Å². The fourth-order valence-electron chi connectivity index (χ4n) is 3.45. The number of aliphatic carboxylic acids is 1. The molecular formula is C20H23NO5S. The highest BCUT2D eigenvalue weighted by Gasteiger charge is 2.35. The molecule has 0 fully saturated rings. The summed E-state index contributed by atoms with van der Waals surface area (Å²) in [6.45, 7) is 4.06. The zero-order valence-electron chi connectivity index (χ0n) is 15.3. The molecule has 0 saturated carbocycles. The summed E-state index contributed by atoms with van der Waals surface area (Å²) >= 11 is 0. The number of ether oxygens (including phenoxy) is 1. The number of hydrogen-bond acceptors (Lipinski definition) is 4. The molecule has 0 saturated heterocycles. The van der Waals surface area contributed by atoms with Crippen molar-refractivity contribution in [3.63, 3.8) is 0 Å². The van der Waals surface area contributed by atoms with E-state index in [0.29, 0.717) is 17.7 Å². The van der Waals surface area contributed by atoms with Crippen LogP contribution in [0.15, 0.2) is 53.4 Å². The molecule has 0 radical (unpaired) electrons. The van der Waals surface area contributed by atoms with Crippen molar-refractivity contribution in [2.45, 2.75) is 43.1 Å². The number of carboxylic acids is 1. The Bertz CT molecular complexity index is 938. The first kappa shape index (κ1) is 19.4. The maximum atomic E-state index is 12.5. The molecule has 0 aliphatic carbocycles. The Labute approximate surface area is 159 Å². The molecule has 27 heavy (non-hydrogen) atoms. The summed E-state index contributed by atoms with van der Waals surface area (Å²) in [5.74, 6) is -0.493. The second-order valence-corrected chi connectivity index (χ2v) is 9.10. The van der Waals surface area contributed by atoms with E-state index in [1.165, 1.54) is 0 Å². The zero-order valence-corrected chi connectivity index (χ0v) is 16.1. The van der Waals surface area contributed by atoms with Crippen LogP contribution < -0.4 is 9.46 Å². The van der Waals surface area contributed by atoms with Gasteiger partial charge in [0, 0.05) is 18.0 Å². The molecule has 1 aliphatic rings. The van der Waals surface area contributed by atoms with Crippen molar-refractivity contribution in [2.75, 3.05) is 6.54 Å². The minimum absolute atomic E-state index is 0.115. The van der Waals surface area contributed by atoms with Gasteiger partial charge in [0.1, 0.15) is 11.4 Å². The maximum Gasteiger partial charge on any atom is 0.307 e. The fraction of sp³-hybridized carbons (Fsp3) is 0.350. The molecule has 0 bridgehead atoms.